The van der Waals surface area contributed by atoms with Crippen molar-refractivity contribution in [3.05, 3.63) is 0 Å². The Balaban J connectivity index is 0. The van der Waals surface area contributed by atoms with Crippen LogP contribution in [-0.4, -0.2) is 12.6 Å². The van der Waals surface area contributed by atoms with E-state index in [1.165, 1.54) is 6.42 Å². The summed E-state index contributed by atoms with van der Waals surface area (Å²) in [5.74, 6) is 0.830. The molecule has 0 aromatic heterocycles. The molecule has 0 radical (unpaired) electrons. The van der Waals surface area contributed by atoms with Crippen LogP contribution >= 0.6 is 0 Å². The highest BCUT2D eigenvalue weighted by atomic mass is 14.9. The molecule has 0 rings (SSSR count). The molecular weight excluding hydrogens is 134 g/mol. The molecule has 1 nitrogen and oxygen atoms in total. The van der Waals surface area contributed by atoms with Gasteiger partial charge in [-0.15, -0.1) is 0 Å². The lowest BCUT2D eigenvalue weighted by Crippen LogP contribution is -2.24. The fourth-order valence-corrected chi connectivity index (χ4v) is 0.661. The van der Waals surface area contributed by atoms with Crippen LogP contribution in [-0.2, 0) is 0 Å². The van der Waals surface area contributed by atoms with Crippen LogP contribution in [0.25, 0.3) is 0 Å². The number of nitrogens with one attached hydrogen (secondary N) is 1. The number of hydrogen-bond acceptors (Lipinski definition) is 1. The standard InChI is InChI=1S/C8H19N.C2H6/c1-7(2)5-6-9-8(3)4;1-2/h7-9H,5-6H2,1-4H3;1-2H3. The van der Waals surface area contributed by atoms with E-state index in [-0.39, 0.29) is 0 Å². The molecule has 0 aromatic rings. The van der Waals surface area contributed by atoms with Gasteiger partial charge in [-0.25, -0.2) is 0 Å². The second kappa shape index (κ2) is 9.96. The summed E-state index contributed by atoms with van der Waals surface area (Å²) in [7, 11) is 0. The third-order valence-electron chi connectivity index (χ3n) is 1.27. The van der Waals surface area contributed by atoms with E-state index < -0.39 is 0 Å². The lowest BCUT2D eigenvalue weighted by Gasteiger charge is -2.08. The van der Waals surface area contributed by atoms with E-state index in [0.29, 0.717) is 6.04 Å². The summed E-state index contributed by atoms with van der Waals surface area (Å²) >= 11 is 0. The van der Waals surface area contributed by atoms with E-state index in [2.05, 4.69) is 33.0 Å². The zero-order valence-corrected chi connectivity index (χ0v) is 9.07. The molecule has 11 heavy (non-hydrogen) atoms. The Labute approximate surface area is 72.6 Å². The maximum Gasteiger partial charge on any atom is 0.00103 e. The maximum absolute atomic E-state index is 3.38. The van der Waals surface area contributed by atoms with Gasteiger partial charge in [0.1, 0.15) is 0 Å². The summed E-state index contributed by atoms with van der Waals surface area (Å²) in [6.45, 7) is 14.0. The molecule has 0 unspecified atom stereocenters. The lowest BCUT2D eigenvalue weighted by molar-refractivity contribution is 0.504. The molecule has 0 amide bonds. The Morgan fingerprint density at radius 2 is 1.45 bits per heavy atom. The summed E-state index contributed by atoms with van der Waals surface area (Å²) in [5, 5.41) is 3.38. The monoisotopic (exact) mass is 159 g/mol. The van der Waals surface area contributed by atoms with Gasteiger partial charge in [-0.05, 0) is 18.9 Å². The zero-order chi connectivity index (χ0) is 9.28. The molecule has 0 aliphatic heterocycles. The minimum Gasteiger partial charge on any atom is -0.315 e. The average molecular weight is 159 g/mol. The number of rotatable bonds is 4. The van der Waals surface area contributed by atoms with Gasteiger partial charge in [-0.1, -0.05) is 41.5 Å². The molecule has 0 aliphatic carbocycles. The molecule has 0 aromatic carbocycles. The fraction of sp³-hybridized carbons (Fsp3) is 1.00. The molecule has 0 fully saturated rings. The van der Waals surface area contributed by atoms with E-state index in [9.17, 15) is 0 Å². The summed E-state index contributed by atoms with van der Waals surface area (Å²) in [6, 6.07) is 0.642. The van der Waals surface area contributed by atoms with Crippen molar-refractivity contribution < 1.29 is 0 Å². The van der Waals surface area contributed by atoms with E-state index in [0.717, 1.165) is 12.5 Å². The van der Waals surface area contributed by atoms with Gasteiger partial charge >= 0.3 is 0 Å². The van der Waals surface area contributed by atoms with Crippen molar-refractivity contribution in [2.24, 2.45) is 5.92 Å². The third-order valence-corrected chi connectivity index (χ3v) is 1.27. The van der Waals surface area contributed by atoms with Crippen molar-refractivity contribution in [3.63, 3.8) is 0 Å². The largest absolute Gasteiger partial charge is 0.315 e. The Bertz CT molecular complexity index is 49.9. The topological polar surface area (TPSA) is 12.0 Å². The quantitative estimate of drug-likeness (QED) is 0.665. The van der Waals surface area contributed by atoms with Crippen LogP contribution in [0.2, 0.25) is 0 Å². The van der Waals surface area contributed by atoms with Gasteiger partial charge < -0.3 is 5.32 Å². The van der Waals surface area contributed by atoms with Crippen molar-refractivity contribution in [3.8, 4) is 0 Å². The molecule has 0 saturated heterocycles. The predicted molar refractivity (Wildman–Crippen MR) is 53.9 cm³/mol. The van der Waals surface area contributed by atoms with Crippen LogP contribution in [0, 0.1) is 5.92 Å². The minimum absolute atomic E-state index is 0.642. The lowest BCUT2D eigenvalue weighted by atomic mass is 10.1. The van der Waals surface area contributed by atoms with Crippen LogP contribution in [0.15, 0.2) is 0 Å². The molecular formula is C10H25N. The summed E-state index contributed by atoms with van der Waals surface area (Å²) in [5.41, 5.74) is 0. The molecule has 0 saturated carbocycles. The Kier molecular flexibility index (Phi) is 12.3. The van der Waals surface area contributed by atoms with Gasteiger partial charge in [0.2, 0.25) is 0 Å². The normalized spacial score (nSPS) is 9.82. The smallest absolute Gasteiger partial charge is 0.00103 e. The van der Waals surface area contributed by atoms with E-state index >= 15 is 0 Å². The summed E-state index contributed by atoms with van der Waals surface area (Å²) in [4.78, 5) is 0. The molecule has 1 heteroatoms. The molecule has 70 valence electrons. The Morgan fingerprint density at radius 3 is 1.73 bits per heavy atom. The Hall–Kier alpha value is -0.0400. The van der Waals surface area contributed by atoms with Gasteiger partial charge in [0, 0.05) is 6.04 Å². The number of hydrogen-bond donors (Lipinski definition) is 1. The van der Waals surface area contributed by atoms with Gasteiger partial charge in [-0.3, -0.25) is 0 Å². The van der Waals surface area contributed by atoms with Crippen LogP contribution in [0.5, 0.6) is 0 Å². The highest BCUT2D eigenvalue weighted by Crippen LogP contribution is 1.96. The molecule has 0 atom stereocenters. The first-order valence-electron chi connectivity index (χ1n) is 4.86. The molecule has 0 aliphatic rings. The molecule has 0 spiro atoms. The minimum atomic E-state index is 0.642. The van der Waals surface area contributed by atoms with E-state index in [1.54, 1.807) is 0 Å². The van der Waals surface area contributed by atoms with Gasteiger partial charge in [0.15, 0.2) is 0 Å². The van der Waals surface area contributed by atoms with Crippen molar-refractivity contribution in [1.29, 1.82) is 0 Å². The maximum atomic E-state index is 3.38. The molecule has 0 heterocycles. The highest BCUT2D eigenvalue weighted by molar-refractivity contribution is 4.53. The average Bonchev–Trinajstić information content (AvgIpc) is 1.90. The van der Waals surface area contributed by atoms with Crippen LogP contribution < -0.4 is 5.32 Å². The first-order chi connectivity index (χ1) is 5.13. The first-order valence-corrected chi connectivity index (χ1v) is 4.86. The fourth-order valence-electron chi connectivity index (χ4n) is 0.661. The Morgan fingerprint density at radius 1 is 1.00 bits per heavy atom. The van der Waals surface area contributed by atoms with Gasteiger partial charge in [0.25, 0.3) is 0 Å². The molecule has 0 bridgehead atoms. The van der Waals surface area contributed by atoms with E-state index in [4.69, 9.17) is 0 Å². The zero-order valence-electron chi connectivity index (χ0n) is 9.07. The van der Waals surface area contributed by atoms with Crippen molar-refractivity contribution >= 4 is 0 Å². The molecule has 1 N–H and O–H groups in total. The van der Waals surface area contributed by atoms with Crippen molar-refractivity contribution in [2.75, 3.05) is 6.54 Å². The van der Waals surface area contributed by atoms with Crippen LogP contribution in [0.3, 0.4) is 0 Å². The summed E-state index contributed by atoms with van der Waals surface area (Å²) in [6.07, 6.45) is 1.29. The highest BCUT2D eigenvalue weighted by Gasteiger charge is 1.93. The first kappa shape index (κ1) is 13.5. The predicted octanol–water partition coefficient (Wildman–Crippen LogP) is 3.06. The third kappa shape index (κ3) is 17.8. The van der Waals surface area contributed by atoms with Crippen molar-refractivity contribution in [1.82, 2.24) is 5.32 Å². The van der Waals surface area contributed by atoms with Crippen LogP contribution in [0.4, 0.5) is 0 Å². The van der Waals surface area contributed by atoms with Crippen LogP contribution in [0.1, 0.15) is 48.0 Å². The van der Waals surface area contributed by atoms with E-state index in [1.807, 2.05) is 13.8 Å². The SMILES string of the molecule is CC.CC(C)CCNC(C)C. The second-order valence-electron chi connectivity index (χ2n) is 3.29. The van der Waals surface area contributed by atoms with Gasteiger partial charge in [0.05, 0.1) is 0 Å². The summed E-state index contributed by atoms with van der Waals surface area (Å²) < 4.78 is 0. The van der Waals surface area contributed by atoms with Crippen molar-refractivity contribution in [2.45, 2.75) is 54.0 Å². The van der Waals surface area contributed by atoms with Gasteiger partial charge in [-0.2, -0.15) is 0 Å². The second-order valence-corrected chi connectivity index (χ2v) is 3.29.